The molecule has 1 amide bonds. The average molecular weight is 623 g/mol. The second-order valence-corrected chi connectivity index (χ2v) is 14.5. The number of nitrogens with zero attached hydrogens (tertiary/aromatic N) is 2. The van der Waals surface area contributed by atoms with Crippen LogP contribution in [0.4, 0.5) is 4.39 Å². The summed E-state index contributed by atoms with van der Waals surface area (Å²) in [6, 6.07) is 7.73. The zero-order valence-electron chi connectivity index (χ0n) is 27.0. The number of para-hydroxylation sites is 1. The van der Waals surface area contributed by atoms with Gasteiger partial charge < -0.3 is 29.9 Å². The number of rotatable bonds is 9. The molecule has 45 heavy (non-hydrogen) atoms. The summed E-state index contributed by atoms with van der Waals surface area (Å²) >= 11 is 0. The molecule has 8 nitrogen and oxygen atoms in total. The molecule has 3 aliphatic heterocycles. The predicted molar refractivity (Wildman–Crippen MR) is 171 cm³/mol. The van der Waals surface area contributed by atoms with Gasteiger partial charge in [-0.3, -0.25) is 9.59 Å². The molecule has 2 saturated heterocycles. The topological polar surface area (TPSA) is 83.1 Å². The molecule has 246 valence electrons. The highest BCUT2D eigenvalue weighted by Gasteiger charge is 2.59. The number of carbonyl (C=O) groups is 2. The molecule has 0 radical (unpaired) electrons. The molecule has 10 atom stereocenters. The maximum atomic E-state index is 16.2. The van der Waals surface area contributed by atoms with Gasteiger partial charge in [0.25, 0.3) is 5.91 Å². The highest BCUT2D eigenvalue weighted by Crippen LogP contribution is 2.50. The van der Waals surface area contributed by atoms with Crippen molar-refractivity contribution in [2.24, 2.45) is 17.8 Å². The van der Waals surface area contributed by atoms with Gasteiger partial charge in [-0.1, -0.05) is 43.9 Å². The van der Waals surface area contributed by atoms with Gasteiger partial charge >= 0.3 is 0 Å². The van der Waals surface area contributed by atoms with Crippen LogP contribution in [0.25, 0.3) is 0 Å². The number of Topliss-reactive ketones (excluding diaryl/α,β-unsaturated/α-hetero) is 1. The molecule has 9 heteroatoms. The van der Waals surface area contributed by atoms with Crippen molar-refractivity contribution in [1.29, 1.82) is 0 Å². The van der Waals surface area contributed by atoms with Crippen LogP contribution in [0.2, 0.25) is 0 Å². The van der Waals surface area contributed by atoms with E-state index in [2.05, 4.69) is 27.5 Å². The summed E-state index contributed by atoms with van der Waals surface area (Å²) in [5, 5.41) is 6.58. The van der Waals surface area contributed by atoms with Crippen LogP contribution >= 0.6 is 0 Å². The number of ether oxygens (including phenoxy) is 2. The van der Waals surface area contributed by atoms with Crippen LogP contribution in [0.5, 0.6) is 5.75 Å². The van der Waals surface area contributed by atoms with Crippen LogP contribution < -0.4 is 15.4 Å². The van der Waals surface area contributed by atoms with E-state index >= 15 is 4.39 Å². The Morgan fingerprint density at radius 1 is 1.07 bits per heavy atom. The van der Waals surface area contributed by atoms with Crippen molar-refractivity contribution in [3.05, 3.63) is 41.6 Å². The highest BCUT2D eigenvalue weighted by molar-refractivity contribution is 6.20. The largest absolute Gasteiger partial charge is 0.496 e. The number of hydrogen-bond donors (Lipinski definition) is 2. The first-order valence-corrected chi connectivity index (χ1v) is 17.6. The van der Waals surface area contributed by atoms with E-state index < -0.39 is 24.2 Å². The average Bonchev–Trinajstić information content (AvgIpc) is 3.46. The molecule has 1 aromatic rings. The molecule has 2 N–H and O–H groups in total. The number of alkyl halides is 1. The lowest BCUT2D eigenvalue weighted by Crippen LogP contribution is -2.73. The van der Waals surface area contributed by atoms with Gasteiger partial charge in [-0.15, -0.1) is 0 Å². The van der Waals surface area contributed by atoms with Crippen LogP contribution in [-0.4, -0.2) is 97.8 Å². The number of nitrogens with one attached hydrogen (secondary N) is 2. The highest BCUT2D eigenvalue weighted by atomic mass is 19.1. The van der Waals surface area contributed by atoms with Crippen LogP contribution in [-0.2, 0) is 20.7 Å². The van der Waals surface area contributed by atoms with Gasteiger partial charge in [0.15, 0.2) is 5.78 Å². The lowest BCUT2D eigenvalue weighted by atomic mass is 9.65. The van der Waals surface area contributed by atoms with E-state index in [1.165, 1.54) is 32.1 Å². The summed E-state index contributed by atoms with van der Waals surface area (Å²) in [6.07, 6.45) is 11.1. The van der Waals surface area contributed by atoms with Crippen molar-refractivity contribution < 1.29 is 23.5 Å². The first-order chi connectivity index (χ1) is 21.9. The summed E-state index contributed by atoms with van der Waals surface area (Å²) < 4.78 is 28.7. The quantitative estimate of drug-likeness (QED) is 0.403. The molecule has 3 aliphatic carbocycles. The van der Waals surface area contributed by atoms with Crippen LogP contribution in [0.3, 0.4) is 0 Å². The molecule has 3 saturated carbocycles. The van der Waals surface area contributed by atoms with E-state index in [-0.39, 0.29) is 41.9 Å². The third-order valence-electron chi connectivity index (χ3n) is 12.1. The summed E-state index contributed by atoms with van der Waals surface area (Å²) in [5.74, 6) is 1.00. The zero-order valence-corrected chi connectivity index (χ0v) is 27.0. The molecule has 0 spiro atoms. The number of carbonyl (C=O) groups excluding carboxylic acids is 2. The first-order valence-electron chi connectivity index (χ1n) is 17.6. The smallest absolute Gasteiger partial charge is 0.256 e. The summed E-state index contributed by atoms with van der Waals surface area (Å²) in [7, 11) is 3.81. The van der Waals surface area contributed by atoms with Crippen LogP contribution in [0, 0.1) is 17.8 Å². The second kappa shape index (κ2) is 13.3. The predicted octanol–water partition coefficient (Wildman–Crippen LogP) is 4.03. The van der Waals surface area contributed by atoms with E-state index in [9.17, 15) is 9.59 Å². The van der Waals surface area contributed by atoms with Gasteiger partial charge in [0.05, 0.1) is 43.0 Å². The molecular weight excluding hydrogens is 571 g/mol. The fourth-order valence-electron chi connectivity index (χ4n) is 9.77. The Hall–Kier alpha value is -2.49. The first kappa shape index (κ1) is 31.1. The zero-order chi connectivity index (χ0) is 31.1. The molecule has 3 heterocycles. The Kier molecular flexibility index (Phi) is 9.21. The number of likely N-dealkylation sites (tertiary alicyclic amines) is 1. The number of hydrogen-bond acceptors (Lipinski definition) is 7. The van der Waals surface area contributed by atoms with Gasteiger partial charge in [-0.25, -0.2) is 4.39 Å². The Balaban J connectivity index is 1.12. The van der Waals surface area contributed by atoms with E-state index in [0.29, 0.717) is 37.4 Å². The monoisotopic (exact) mass is 622 g/mol. The van der Waals surface area contributed by atoms with Crippen molar-refractivity contribution in [3.63, 3.8) is 0 Å². The molecule has 0 aromatic heterocycles. The minimum Gasteiger partial charge on any atom is -0.496 e. The van der Waals surface area contributed by atoms with Gasteiger partial charge in [-0.2, -0.15) is 0 Å². The summed E-state index contributed by atoms with van der Waals surface area (Å²) in [4.78, 5) is 32.2. The maximum absolute atomic E-state index is 16.2. The summed E-state index contributed by atoms with van der Waals surface area (Å²) in [6.45, 7) is 2.21. The lowest BCUT2D eigenvalue weighted by Gasteiger charge is -2.61. The number of amides is 1. The van der Waals surface area contributed by atoms with E-state index in [1.54, 1.807) is 7.11 Å². The summed E-state index contributed by atoms with van der Waals surface area (Å²) in [5.41, 5.74) is 1.28. The van der Waals surface area contributed by atoms with E-state index in [0.717, 1.165) is 43.5 Å². The Bertz CT molecular complexity index is 1280. The minimum absolute atomic E-state index is 0.0262. The van der Waals surface area contributed by atoms with Crippen molar-refractivity contribution in [2.75, 3.05) is 33.8 Å². The SMILES string of the molecule is COc1ccccc1CCNC1C(F)CC2C(=O)C(C(=O)NCCC3CCCN3C)=CN3C4CC5CCCCC5CC4OC1C23. The molecular formula is C36H51FN4O4. The minimum atomic E-state index is -1.25. The van der Waals surface area contributed by atoms with Gasteiger partial charge in [0, 0.05) is 24.7 Å². The lowest BCUT2D eigenvalue weighted by molar-refractivity contribution is -0.208. The third kappa shape index (κ3) is 6.05. The van der Waals surface area contributed by atoms with Crippen LogP contribution in [0.1, 0.15) is 69.8 Å². The Labute approximate surface area is 267 Å². The number of halogens is 1. The van der Waals surface area contributed by atoms with Crippen molar-refractivity contribution in [3.8, 4) is 5.75 Å². The van der Waals surface area contributed by atoms with E-state index in [4.69, 9.17) is 9.47 Å². The Morgan fingerprint density at radius 2 is 1.87 bits per heavy atom. The number of morpholine rings is 1. The molecule has 10 unspecified atom stereocenters. The van der Waals surface area contributed by atoms with Crippen molar-refractivity contribution in [1.82, 2.24) is 20.4 Å². The van der Waals surface area contributed by atoms with Gasteiger partial charge in [0.2, 0.25) is 0 Å². The maximum Gasteiger partial charge on any atom is 0.256 e. The number of ketones is 1. The molecule has 7 rings (SSSR count). The fraction of sp³-hybridized carbons (Fsp3) is 0.722. The van der Waals surface area contributed by atoms with Crippen molar-refractivity contribution >= 4 is 11.7 Å². The van der Waals surface area contributed by atoms with Crippen LogP contribution in [0.15, 0.2) is 36.0 Å². The number of benzene rings is 1. The standard InChI is InChI=1S/C36H51FN4O4/c1-40-17-7-11-25(40)14-16-39-36(43)27-21-41-29-18-23-9-3-4-10-24(23)19-31(29)45-35-32(28(37)20-26(33(35)41)34(27)42)38-15-13-22-8-5-6-12-30(22)44-2/h5-6,8,12,21,23-26,28-29,31-33,35,38H,3-4,7,9-11,13-20H2,1-2H3,(H,39,43). The van der Waals surface area contributed by atoms with Crippen molar-refractivity contribution in [2.45, 2.75) is 113 Å². The Morgan fingerprint density at radius 3 is 2.64 bits per heavy atom. The van der Waals surface area contributed by atoms with Gasteiger partial charge in [-0.05, 0) is 88.5 Å². The third-order valence-corrected chi connectivity index (χ3v) is 12.1. The molecule has 5 fully saturated rings. The number of fused-ring (bicyclic) bond motifs is 3. The molecule has 0 bridgehead atoms. The fourth-order valence-corrected chi connectivity index (χ4v) is 9.77. The second-order valence-electron chi connectivity index (χ2n) is 14.5. The molecule has 1 aromatic carbocycles. The van der Waals surface area contributed by atoms with E-state index in [1.807, 2.05) is 30.5 Å². The number of methoxy groups -OCH3 is 1. The van der Waals surface area contributed by atoms with Gasteiger partial charge in [0.1, 0.15) is 11.9 Å². The molecule has 6 aliphatic rings. The normalized spacial score (nSPS) is 37.7.